The molecule has 1 unspecified atom stereocenters. The van der Waals surface area contributed by atoms with Crippen molar-refractivity contribution in [3.63, 3.8) is 0 Å². The second-order valence-corrected chi connectivity index (χ2v) is 10.1. The monoisotopic (exact) mass is 457 g/mol. The summed E-state index contributed by atoms with van der Waals surface area (Å²) in [4.78, 5) is 12.3. The van der Waals surface area contributed by atoms with Crippen LogP contribution in [0.4, 0.5) is 0 Å². The van der Waals surface area contributed by atoms with Gasteiger partial charge in [-0.15, -0.1) is 0 Å². The number of imidazole rings is 1. The van der Waals surface area contributed by atoms with Crippen molar-refractivity contribution < 1.29 is 4.74 Å². The molecule has 1 atom stereocenters. The SMILES string of the molecule is CN1CCC(COc2nc(-c3ccc(C#N)cc3)c(C3CCCCCCCC3)c3nccn23)C1. The van der Waals surface area contributed by atoms with E-state index in [2.05, 4.69) is 18.0 Å². The van der Waals surface area contributed by atoms with Gasteiger partial charge in [-0.3, -0.25) is 4.40 Å². The van der Waals surface area contributed by atoms with Gasteiger partial charge in [-0.2, -0.15) is 10.2 Å². The van der Waals surface area contributed by atoms with Crippen LogP contribution in [0.25, 0.3) is 16.9 Å². The number of nitrogens with zero attached hydrogens (tertiary/aromatic N) is 5. The summed E-state index contributed by atoms with van der Waals surface area (Å²) in [6.07, 6.45) is 15.1. The van der Waals surface area contributed by atoms with E-state index in [9.17, 15) is 5.26 Å². The summed E-state index contributed by atoms with van der Waals surface area (Å²) in [6, 6.07) is 10.7. The molecule has 6 heteroatoms. The van der Waals surface area contributed by atoms with Crippen molar-refractivity contribution in [3.05, 3.63) is 47.8 Å². The minimum atomic E-state index is 0.429. The van der Waals surface area contributed by atoms with Crippen LogP contribution in [0.3, 0.4) is 0 Å². The number of ether oxygens (including phenoxy) is 1. The summed E-state index contributed by atoms with van der Waals surface area (Å²) in [7, 11) is 2.17. The standard InChI is InChI=1S/C28H35N5O/c1-32-16-14-22(19-32)20-34-28-31-26(24-12-10-21(18-29)11-13-24)25(27-30-15-17-33(27)28)23-8-6-4-2-3-5-7-9-23/h10-13,15,17,22-23H,2-9,14,16,19-20H2,1H3. The molecule has 3 aromatic rings. The molecule has 2 aromatic heterocycles. The second-order valence-electron chi connectivity index (χ2n) is 10.1. The first-order chi connectivity index (χ1) is 16.7. The molecule has 1 aliphatic heterocycles. The third-order valence-corrected chi connectivity index (χ3v) is 7.54. The minimum absolute atomic E-state index is 0.429. The van der Waals surface area contributed by atoms with Crippen molar-refractivity contribution in [1.29, 1.82) is 5.26 Å². The Bertz CT molecular complexity index is 1140. The molecule has 0 amide bonds. The average molecular weight is 458 g/mol. The van der Waals surface area contributed by atoms with E-state index in [1.54, 1.807) is 0 Å². The predicted octanol–water partition coefficient (Wildman–Crippen LogP) is 5.82. The van der Waals surface area contributed by atoms with Gasteiger partial charge in [-0.1, -0.05) is 50.7 Å². The molecule has 2 fully saturated rings. The summed E-state index contributed by atoms with van der Waals surface area (Å²) in [6.45, 7) is 2.86. The lowest BCUT2D eigenvalue weighted by molar-refractivity contribution is 0.229. The van der Waals surface area contributed by atoms with E-state index >= 15 is 0 Å². The zero-order valence-corrected chi connectivity index (χ0v) is 20.2. The van der Waals surface area contributed by atoms with E-state index in [1.807, 2.05) is 41.1 Å². The lowest BCUT2D eigenvalue weighted by Crippen LogP contribution is -2.19. The number of aromatic nitrogens is 3. The van der Waals surface area contributed by atoms with Crippen molar-refractivity contribution in [3.8, 4) is 23.3 Å². The van der Waals surface area contributed by atoms with Crippen LogP contribution in [-0.2, 0) is 0 Å². The van der Waals surface area contributed by atoms with Crippen LogP contribution in [0.5, 0.6) is 6.01 Å². The Balaban J connectivity index is 1.57. The summed E-state index contributed by atoms with van der Waals surface area (Å²) >= 11 is 0. The molecule has 2 aliphatic rings. The molecule has 34 heavy (non-hydrogen) atoms. The van der Waals surface area contributed by atoms with Gasteiger partial charge in [0, 0.05) is 36.0 Å². The van der Waals surface area contributed by atoms with E-state index in [0.717, 1.165) is 36.4 Å². The van der Waals surface area contributed by atoms with E-state index < -0.39 is 0 Å². The molecule has 0 N–H and O–H groups in total. The fourth-order valence-corrected chi connectivity index (χ4v) is 5.65. The van der Waals surface area contributed by atoms with E-state index in [1.165, 1.54) is 56.9 Å². The van der Waals surface area contributed by atoms with Gasteiger partial charge in [0.1, 0.15) is 5.65 Å². The van der Waals surface area contributed by atoms with Crippen molar-refractivity contribution in [2.45, 2.75) is 63.7 Å². The van der Waals surface area contributed by atoms with Gasteiger partial charge < -0.3 is 9.64 Å². The van der Waals surface area contributed by atoms with Crippen molar-refractivity contribution in [1.82, 2.24) is 19.3 Å². The molecule has 6 nitrogen and oxygen atoms in total. The molecule has 0 spiro atoms. The van der Waals surface area contributed by atoms with Crippen LogP contribution in [0.15, 0.2) is 36.7 Å². The average Bonchev–Trinajstić information content (AvgIpc) is 3.53. The highest BCUT2D eigenvalue weighted by atomic mass is 16.5. The Morgan fingerprint density at radius 1 is 1.03 bits per heavy atom. The number of rotatable bonds is 5. The van der Waals surface area contributed by atoms with E-state index in [4.69, 9.17) is 14.7 Å². The Morgan fingerprint density at radius 3 is 2.44 bits per heavy atom. The van der Waals surface area contributed by atoms with Crippen LogP contribution >= 0.6 is 0 Å². The largest absolute Gasteiger partial charge is 0.464 e. The minimum Gasteiger partial charge on any atom is -0.464 e. The van der Waals surface area contributed by atoms with Gasteiger partial charge >= 0.3 is 6.01 Å². The number of hydrogen-bond donors (Lipinski definition) is 0. The second kappa shape index (κ2) is 10.6. The van der Waals surface area contributed by atoms with Gasteiger partial charge in [0.05, 0.1) is 23.9 Å². The topological polar surface area (TPSA) is 66.5 Å². The van der Waals surface area contributed by atoms with Gasteiger partial charge in [0.25, 0.3) is 0 Å². The van der Waals surface area contributed by atoms with Crippen LogP contribution < -0.4 is 4.74 Å². The first-order valence-corrected chi connectivity index (χ1v) is 12.9. The zero-order chi connectivity index (χ0) is 23.3. The van der Waals surface area contributed by atoms with Crippen LogP contribution in [0.2, 0.25) is 0 Å². The highest BCUT2D eigenvalue weighted by Crippen LogP contribution is 2.39. The molecule has 1 aliphatic carbocycles. The van der Waals surface area contributed by atoms with Crippen LogP contribution in [0.1, 0.15) is 74.8 Å². The fraction of sp³-hybridized carbons (Fsp3) is 0.536. The van der Waals surface area contributed by atoms with Crippen molar-refractivity contribution in [2.24, 2.45) is 5.92 Å². The maximum Gasteiger partial charge on any atom is 0.302 e. The molecule has 0 bridgehead atoms. The molecule has 3 heterocycles. The molecule has 0 radical (unpaired) electrons. The van der Waals surface area contributed by atoms with Gasteiger partial charge in [0.2, 0.25) is 0 Å². The Hall–Kier alpha value is -2.91. The fourth-order valence-electron chi connectivity index (χ4n) is 5.65. The number of nitriles is 1. The summed E-state index contributed by atoms with van der Waals surface area (Å²) in [5.41, 5.74) is 4.87. The molecular weight excluding hydrogens is 422 g/mol. The van der Waals surface area contributed by atoms with Gasteiger partial charge in [0.15, 0.2) is 0 Å². The number of likely N-dealkylation sites (tertiary alicyclic amines) is 1. The highest BCUT2D eigenvalue weighted by molar-refractivity contribution is 5.72. The smallest absolute Gasteiger partial charge is 0.302 e. The zero-order valence-electron chi connectivity index (χ0n) is 20.2. The normalized spacial score (nSPS) is 20.5. The lowest BCUT2D eigenvalue weighted by Gasteiger charge is -2.22. The van der Waals surface area contributed by atoms with Crippen LogP contribution in [-0.4, -0.2) is 46.0 Å². The third-order valence-electron chi connectivity index (χ3n) is 7.54. The molecule has 1 aromatic carbocycles. The third kappa shape index (κ3) is 4.95. The number of hydrogen-bond acceptors (Lipinski definition) is 5. The van der Waals surface area contributed by atoms with E-state index in [0.29, 0.717) is 30.0 Å². The first kappa shape index (κ1) is 22.9. The lowest BCUT2D eigenvalue weighted by atomic mass is 9.87. The maximum atomic E-state index is 9.29. The number of fused-ring (bicyclic) bond motifs is 1. The van der Waals surface area contributed by atoms with Gasteiger partial charge in [-0.05, 0) is 50.9 Å². The maximum absolute atomic E-state index is 9.29. The van der Waals surface area contributed by atoms with Crippen LogP contribution in [0, 0.1) is 17.2 Å². The molecule has 1 saturated carbocycles. The van der Waals surface area contributed by atoms with Gasteiger partial charge in [-0.25, -0.2) is 4.98 Å². The molecular formula is C28H35N5O. The predicted molar refractivity (Wildman–Crippen MR) is 134 cm³/mol. The Morgan fingerprint density at radius 2 is 1.76 bits per heavy atom. The number of benzene rings is 1. The quantitative estimate of drug-likeness (QED) is 0.483. The molecule has 1 saturated heterocycles. The first-order valence-electron chi connectivity index (χ1n) is 12.9. The van der Waals surface area contributed by atoms with E-state index in [-0.39, 0.29) is 0 Å². The van der Waals surface area contributed by atoms with Crippen molar-refractivity contribution in [2.75, 3.05) is 26.7 Å². The highest BCUT2D eigenvalue weighted by Gasteiger charge is 2.26. The Kier molecular flexibility index (Phi) is 7.10. The van der Waals surface area contributed by atoms with Crippen molar-refractivity contribution >= 4 is 5.65 Å². The molecule has 5 rings (SSSR count). The Labute approximate surface area is 202 Å². The summed E-state index contributed by atoms with van der Waals surface area (Å²) in [5, 5.41) is 9.29. The molecule has 178 valence electrons. The summed E-state index contributed by atoms with van der Waals surface area (Å²) in [5.74, 6) is 0.955. The summed E-state index contributed by atoms with van der Waals surface area (Å²) < 4.78 is 8.41.